The predicted octanol–water partition coefficient (Wildman–Crippen LogP) is -3.46. The van der Waals surface area contributed by atoms with Crippen LogP contribution >= 0.6 is 20.7 Å². The van der Waals surface area contributed by atoms with Crippen LogP contribution < -0.4 is 72.8 Å². The van der Waals surface area contributed by atoms with Crippen molar-refractivity contribution in [3.63, 3.8) is 0 Å². The van der Waals surface area contributed by atoms with Gasteiger partial charge >= 0.3 is 217 Å². The summed E-state index contributed by atoms with van der Waals surface area (Å²) in [5.41, 5.74) is 64.0. The molecule has 0 saturated heterocycles. The summed E-state index contributed by atoms with van der Waals surface area (Å²) in [6, 6.07) is 0. The molecule has 0 bridgehead atoms. The number of halogens is 2. The number of fused-ring (bicyclic) bond motifs is 1. The second-order valence-electron chi connectivity index (χ2n) is 8.76. The average molecular weight is 680 g/mol. The zero-order valence-electron chi connectivity index (χ0n) is 19.4. The summed E-state index contributed by atoms with van der Waals surface area (Å²) in [7, 11) is 0. The van der Waals surface area contributed by atoms with Crippen molar-refractivity contribution in [1.82, 2.24) is 0 Å². The molecule has 5 atom stereocenters. The summed E-state index contributed by atoms with van der Waals surface area (Å²) in [5, 5.41) is 0. The fourth-order valence-electron chi connectivity index (χ4n) is 4.60. The third kappa shape index (κ3) is 4.34. The first-order valence-electron chi connectivity index (χ1n) is 10.5. The van der Waals surface area contributed by atoms with Crippen molar-refractivity contribution in [3.8, 4) is 0 Å². The Morgan fingerprint density at radius 2 is 1.42 bits per heavy atom. The van der Waals surface area contributed by atoms with Crippen molar-refractivity contribution >= 4 is 24.4 Å². The average Bonchev–Trinajstić information content (AvgIpc) is 2.74. The predicted molar refractivity (Wildman–Crippen MR) is 141 cm³/mol. The number of alkyl halides is 2. The molecular weight excluding hydrogens is 644 g/mol. The van der Waals surface area contributed by atoms with Crippen LogP contribution in [0.25, 0.3) is 0 Å². The van der Waals surface area contributed by atoms with Crippen molar-refractivity contribution in [1.29, 1.82) is 0 Å². The van der Waals surface area contributed by atoms with Crippen LogP contribution in [0.3, 0.4) is 0 Å². The van der Waals surface area contributed by atoms with Gasteiger partial charge in [0.1, 0.15) is 0 Å². The number of nitrogens with two attached hydrogens (primary N) is 9. The molecule has 0 aromatic heterocycles. The number of hydrogen-bond acceptors (Lipinski definition) is 9. The molecule has 2 aliphatic carbocycles. The zero-order chi connectivity index (χ0) is 24.9. The molecule has 33 heavy (non-hydrogen) atoms. The Bertz CT molecular complexity index is 1100. The molecule has 11 heteroatoms. The number of allylic oxidation sites excluding steroid dienone is 6. The van der Waals surface area contributed by atoms with Crippen LogP contribution in [0.4, 0.5) is 0 Å². The van der Waals surface area contributed by atoms with Crippen LogP contribution in [0.5, 0.6) is 0 Å². The molecule has 9 nitrogen and oxygen atoms in total. The van der Waals surface area contributed by atoms with Crippen LogP contribution in [0.2, 0.25) is 0 Å². The molecule has 0 fully saturated rings. The normalized spacial score (nSPS) is 29.3. The van der Waals surface area contributed by atoms with E-state index >= 15 is 0 Å². The topological polar surface area (TPSA) is 234 Å². The fraction of sp³-hybridized carbons (Fsp3) is 0.409. The summed E-state index contributed by atoms with van der Waals surface area (Å²) < 4.78 is 1.95. The van der Waals surface area contributed by atoms with Gasteiger partial charge in [0.2, 0.25) is 0 Å². The van der Waals surface area contributed by atoms with Gasteiger partial charge in [-0.15, -0.1) is 0 Å². The fourth-order valence-corrected chi connectivity index (χ4v) is 12.4. The maximum absolute atomic E-state index is 6.77. The van der Waals surface area contributed by atoms with E-state index in [-0.39, 0.29) is 25.6 Å². The molecule has 0 aromatic carbocycles. The van der Waals surface area contributed by atoms with Crippen molar-refractivity contribution in [2.24, 2.45) is 69.4 Å². The van der Waals surface area contributed by atoms with Gasteiger partial charge < -0.3 is 0 Å². The Labute approximate surface area is 215 Å². The van der Waals surface area contributed by atoms with Gasteiger partial charge in [0.15, 0.2) is 0 Å². The van der Waals surface area contributed by atoms with E-state index in [4.69, 9.17) is 51.6 Å². The maximum atomic E-state index is 6.77. The molecule has 184 valence electrons. The summed E-state index contributed by atoms with van der Waals surface area (Å²) in [6.45, 7) is 8.00. The standard InChI is InChI=1S/C22H36I2N9/c1-6(25)5-10(14-15(26)9(4)16(27)22(33)24-14)23-21(32)8(3)11-7(2)12-13(11)18(29)20(31)19(30)17(12)28/h5,8,10,12-14H,25-33H2,1-4H3/q-1/b6-5+/t8-,10-,12-,13+,14-/m0/s1. The Hall–Kier alpha value is -1.87. The minimum atomic E-state index is -0.638. The van der Waals surface area contributed by atoms with Gasteiger partial charge in [-0.05, 0) is 0 Å². The Balaban J connectivity index is 1.99. The molecule has 0 aromatic rings. The monoisotopic (exact) mass is 680 g/mol. The SMILES string of the molecule is CC1=C(N)[C@H]([C@H](/C=C(\C)N)I=C(N)[C@@H](C)C2=C(C)[C@@H]3C(N)=C(N)C(N)=C(N)[C@H]23)[I-]C(N)=C1N. The molecule has 3 aliphatic rings. The van der Waals surface area contributed by atoms with Crippen LogP contribution in [-0.4, -0.2) is 11.5 Å². The van der Waals surface area contributed by atoms with Crippen LogP contribution in [-0.2, 0) is 0 Å². The number of rotatable bonds is 5. The second kappa shape index (κ2) is 9.41. The van der Waals surface area contributed by atoms with E-state index in [9.17, 15) is 0 Å². The molecule has 0 saturated carbocycles. The van der Waals surface area contributed by atoms with Gasteiger partial charge in [-0.1, -0.05) is 0 Å². The third-order valence-electron chi connectivity index (χ3n) is 6.63. The van der Waals surface area contributed by atoms with E-state index in [2.05, 4.69) is 19.9 Å². The van der Waals surface area contributed by atoms with E-state index in [1.165, 1.54) is 5.57 Å². The summed E-state index contributed by atoms with van der Waals surface area (Å²) in [4.78, 5) is 0. The van der Waals surface area contributed by atoms with E-state index in [0.717, 1.165) is 29.9 Å². The minimum absolute atomic E-state index is 0.0129. The van der Waals surface area contributed by atoms with Gasteiger partial charge in [-0.2, -0.15) is 0 Å². The first-order valence-corrected chi connectivity index (χ1v) is 15.2. The van der Waals surface area contributed by atoms with Gasteiger partial charge in [0.05, 0.1) is 0 Å². The second-order valence-corrected chi connectivity index (χ2v) is 15.2. The molecule has 3 rings (SSSR count). The zero-order valence-corrected chi connectivity index (χ0v) is 23.7. The molecule has 18 N–H and O–H groups in total. The van der Waals surface area contributed by atoms with Crippen molar-refractivity contribution in [2.75, 3.05) is 0 Å². The summed E-state index contributed by atoms with van der Waals surface area (Å²) in [5.74, 6) is -0.0496. The molecule has 1 aliphatic heterocycles. The van der Waals surface area contributed by atoms with E-state index < -0.39 is 41.9 Å². The summed E-state index contributed by atoms with van der Waals surface area (Å²) >= 11 is -1.22. The Morgan fingerprint density at radius 1 is 0.879 bits per heavy atom. The molecule has 1 heterocycles. The molecule has 0 radical (unpaired) electrons. The van der Waals surface area contributed by atoms with Crippen LogP contribution in [0, 0.1) is 17.8 Å². The third-order valence-corrected chi connectivity index (χ3v) is 14.8. The van der Waals surface area contributed by atoms with Crippen LogP contribution in [0.15, 0.2) is 66.4 Å². The quantitative estimate of drug-likeness (QED) is 0.0607. The van der Waals surface area contributed by atoms with Crippen molar-refractivity contribution in [2.45, 2.75) is 35.5 Å². The Morgan fingerprint density at radius 3 is 1.97 bits per heavy atom. The van der Waals surface area contributed by atoms with Crippen LogP contribution in [0.1, 0.15) is 27.7 Å². The van der Waals surface area contributed by atoms with Crippen molar-refractivity contribution < 1.29 is 21.2 Å². The molecular formula is C22H36I2N9-. The molecule has 0 spiro atoms. The van der Waals surface area contributed by atoms with Gasteiger partial charge in [-0.3, -0.25) is 0 Å². The number of hydrogen-bond donors (Lipinski definition) is 9. The van der Waals surface area contributed by atoms with Gasteiger partial charge in [0, 0.05) is 0 Å². The first-order chi connectivity index (χ1) is 15.3. The van der Waals surface area contributed by atoms with E-state index in [1.54, 1.807) is 0 Å². The van der Waals surface area contributed by atoms with E-state index in [1.807, 2.05) is 13.8 Å². The Kier molecular flexibility index (Phi) is 7.34. The van der Waals surface area contributed by atoms with Crippen molar-refractivity contribution in [3.05, 3.63) is 66.4 Å². The first kappa shape index (κ1) is 25.7. The summed E-state index contributed by atoms with van der Waals surface area (Å²) in [6.07, 6.45) is 2.09. The molecule has 0 amide bonds. The van der Waals surface area contributed by atoms with Gasteiger partial charge in [0.25, 0.3) is 0 Å². The molecule has 0 unspecified atom stereocenters. The van der Waals surface area contributed by atoms with E-state index in [0.29, 0.717) is 28.5 Å². The van der Waals surface area contributed by atoms with Gasteiger partial charge in [-0.25, -0.2) is 0 Å².